The van der Waals surface area contributed by atoms with Crippen LogP contribution in [0.2, 0.25) is 0 Å². The molecule has 0 aromatic rings. The van der Waals surface area contributed by atoms with Gasteiger partial charge in [0.25, 0.3) is 5.91 Å². The van der Waals surface area contributed by atoms with Crippen LogP contribution in [0.1, 0.15) is 27.2 Å². The van der Waals surface area contributed by atoms with Crippen molar-refractivity contribution in [2.45, 2.75) is 38.8 Å². The van der Waals surface area contributed by atoms with E-state index >= 15 is 0 Å². The monoisotopic (exact) mass is 231 g/mol. The van der Waals surface area contributed by atoms with Gasteiger partial charge in [-0.2, -0.15) is 0 Å². The predicted octanol–water partition coefficient (Wildman–Crippen LogP) is 0.395. The number of nitrogens with two attached hydrogens (primary N) is 1. The highest BCUT2D eigenvalue weighted by atomic mass is 16.5. The quantitative estimate of drug-likeness (QED) is 0.310. The molecule has 1 unspecified atom stereocenters. The lowest BCUT2D eigenvalue weighted by molar-refractivity contribution is -0.151. The minimum atomic E-state index is -0.867. The van der Waals surface area contributed by atoms with Crippen LogP contribution >= 0.6 is 0 Å². The van der Waals surface area contributed by atoms with E-state index in [1.165, 1.54) is 12.0 Å². The lowest BCUT2D eigenvalue weighted by Gasteiger charge is -2.32. The van der Waals surface area contributed by atoms with E-state index in [9.17, 15) is 4.79 Å². The van der Waals surface area contributed by atoms with Crippen LogP contribution in [0.5, 0.6) is 0 Å². The van der Waals surface area contributed by atoms with Crippen LogP contribution in [0.15, 0.2) is 5.16 Å². The molecule has 0 rings (SSSR count). The number of oxime groups is 1. The van der Waals surface area contributed by atoms with Crippen molar-refractivity contribution in [3.05, 3.63) is 0 Å². The maximum atomic E-state index is 12.0. The Morgan fingerprint density at radius 3 is 2.50 bits per heavy atom. The van der Waals surface area contributed by atoms with E-state index < -0.39 is 5.60 Å². The molecule has 6 heteroatoms. The number of ether oxygens (including phenoxy) is 1. The fourth-order valence-electron chi connectivity index (χ4n) is 1.19. The standard InChI is InChI=1S/C10H21N3O3/c1-7(6-8(11)12-15)13(4)9(14)10(2,3)16-5/h7,15H,6H2,1-5H3,(H2,11,12). The highest BCUT2D eigenvalue weighted by molar-refractivity contribution is 5.85. The molecule has 0 aliphatic rings. The number of carbonyl (C=O) groups is 1. The summed E-state index contributed by atoms with van der Waals surface area (Å²) in [7, 11) is 3.15. The Morgan fingerprint density at radius 1 is 1.62 bits per heavy atom. The number of carbonyl (C=O) groups excluding carboxylic acids is 1. The number of amidine groups is 1. The summed E-state index contributed by atoms with van der Waals surface area (Å²) in [5, 5.41) is 11.3. The molecule has 0 bridgehead atoms. The van der Waals surface area contributed by atoms with Crippen LogP contribution in [0.25, 0.3) is 0 Å². The molecule has 0 radical (unpaired) electrons. The van der Waals surface area contributed by atoms with Crippen molar-refractivity contribution in [1.29, 1.82) is 0 Å². The summed E-state index contributed by atoms with van der Waals surface area (Å²) >= 11 is 0. The lowest BCUT2D eigenvalue weighted by Crippen LogP contribution is -2.48. The van der Waals surface area contributed by atoms with Crippen molar-refractivity contribution in [1.82, 2.24) is 4.90 Å². The molecule has 0 fully saturated rings. The fourth-order valence-corrected chi connectivity index (χ4v) is 1.19. The van der Waals surface area contributed by atoms with Gasteiger partial charge in [0.2, 0.25) is 0 Å². The first-order valence-electron chi connectivity index (χ1n) is 5.05. The molecule has 0 aliphatic heterocycles. The number of hydrogen-bond donors (Lipinski definition) is 2. The van der Waals surface area contributed by atoms with Crippen molar-refractivity contribution in [2.24, 2.45) is 10.9 Å². The molecular weight excluding hydrogens is 210 g/mol. The maximum Gasteiger partial charge on any atom is 0.254 e. The van der Waals surface area contributed by atoms with Crippen LogP contribution in [0.3, 0.4) is 0 Å². The van der Waals surface area contributed by atoms with Crippen LogP contribution in [-0.2, 0) is 9.53 Å². The summed E-state index contributed by atoms with van der Waals surface area (Å²) in [5.74, 6) is -0.0457. The van der Waals surface area contributed by atoms with Gasteiger partial charge in [0.15, 0.2) is 0 Å². The van der Waals surface area contributed by atoms with Gasteiger partial charge in [-0.3, -0.25) is 4.79 Å². The van der Waals surface area contributed by atoms with Gasteiger partial charge in [-0.25, -0.2) is 0 Å². The minimum Gasteiger partial charge on any atom is -0.409 e. The third-order valence-corrected chi connectivity index (χ3v) is 2.64. The highest BCUT2D eigenvalue weighted by Crippen LogP contribution is 2.14. The third kappa shape index (κ3) is 3.69. The van der Waals surface area contributed by atoms with Crippen molar-refractivity contribution < 1.29 is 14.7 Å². The number of rotatable bonds is 5. The molecule has 0 saturated heterocycles. The molecule has 0 aromatic carbocycles. The zero-order valence-electron chi connectivity index (χ0n) is 10.5. The summed E-state index contributed by atoms with van der Waals surface area (Å²) in [6.45, 7) is 5.21. The Bertz CT molecular complexity index is 276. The number of amides is 1. The smallest absolute Gasteiger partial charge is 0.254 e. The molecule has 0 spiro atoms. The van der Waals surface area contributed by atoms with Gasteiger partial charge in [-0.1, -0.05) is 5.16 Å². The molecule has 16 heavy (non-hydrogen) atoms. The average Bonchev–Trinajstić information content (AvgIpc) is 2.26. The van der Waals surface area contributed by atoms with E-state index in [2.05, 4.69) is 5.16 Å². The Hall–Kier alpha value is -1.30. The van der Waals surface area contributed by atoms with Crippen LogP contribution in [-0.4, -0.2) is 47.7 Å². The van der Waals surface area contributed by atoms with E-state index in [1.54, 1.807) is 20.9 Å². The molecule has 0 heterocycles. The van der Waals surface area contributed by atoms with Gasteiger partial charge in [-0.15, -0.1) is 0 Å². The summed E-state index contributed by atoms with van der Waals surface area (Å²) in [4.78, 5) is 13.5. The molecule has 94 valence electrons. The largest absolute Gasteiger partial charge is 0.409 e. The molecule has 1 atom stereocenters. The van der Waals surface area contributed by atoms with E-state index in [0.717, 1.165) is 0 Å². The summed E-state index contributed by atoms with van der Waals surface area (Å²) < 4.78 is 5.10. The van der Waals surface area contributed by atoms with E-state index in [1.807, 2.05) is 6.92 Å². The molecule has 1 amide bonds. The van der Waals surface area contributed by atoms with Crippen molar-refractivity contribution in [3.8, 4) is 0 Å². The first-order chi connectivity index (χ1) is 7.26. The zero-order valence-corrected chi connectivity index (χ0v) is 10.5. The Labute approximate surface area is 96.0 Å². The van der Waals surface area contributed by atoms with Gasteiger partial charge in [0, 0.05) is 26.6 Å². The second-order valence-corrected chi connectivity index (χ2v) is 4.27. The third-order valence-electron chi connectivity index (χ3n) is 2.64. The van der Waals surface area contributed by atoms with Crippen molar-refractivity contribution >= 4 is 11.7 Å². The normalized spacial score (nSPS) is 14.7. The highest BCUT2D eigenvalue weighted by Gasteiger charge is 2.32. The van der Waals surface area contributed by atoms with E-state index in [-0.39, 0.29) is 17.8 Å². The van der Waals surface area contributed by atoms with Gasteiger partial charge < -0.3 is 20.6 Å². The van der Waals surface area contributed by atoms with Gasteiger partial charge in [0.1, 0.15) is 11.4 Å². The average molecular weight is 231 g/mol. The lowest BCUT2D eigenvalue weighted by atomic mass is 10.1. The van der Waals surface area contributed by atoms with Crippen molar-refractivity contribution in [2.75, 3.05) is 14.2 Å². The van der Waals surface area contributed by atoms with Gasteiger partial charge >= 0.3 is 0 Å². The molecule has 0 aliphatic carbocycles. The van der Waals surface area contributed by atoms with Crippen LogP contribution in [0.4, 0.5) is 0 Å². The number of hydrogen-bond acceptors (Lipinski definition) is 4. The second kappa shape index (κ2) is 5.69. The van der Waals surface area contributed by atoms with Crippen LogP contribution in [0, 0.1) is 0 Å². The minimum absolute atomic E-state index is 0.0994. The summed E-state index contributed by atoms with van der Waals surface area (Å²) in [6, 6.07) is -0.155. The van der Waals surface area contributed by atoms with E-state index in [0.29, 0.717) is 6.42 Å². The fraction of sp³-hybridized carbons (Fsp3) is 0.800. The molecule has 0 aromatic heterocycles. The summed E-state index contributed by atoms with van der Waals surface area (Å²) in [6.07, 6.45) is 0.318. The number of methoxy groups -OCH3 is 1. The first kappa shape index (κ1) is 14.7. The molecule has 0 saturated carbocycles. The van der Waals surface area contributed by atoms with Gasteiger partial charge in [0.05, 0.1) is 0 Å². The Morgan fingerprint density at radius 2 is 2.12 bits per heavy atom. The number of nitrogens with zero attached hydrogens (tertiary/aromatic N) is 2. The Balaban J connectivity index is 4.56. The molecular formula is C10H21N3O3. The topological polar surface area (TPSA) is 88.2 Å². The molecule has 3 N–H and O–H groups in total. The second-order valence-electron chi connectivity index (χ2n) is 4.27. The number of likely N-dealkylation sites (N-methyl/N-ethyl adjacent to an activating group) is 1. The zero-order chi connectivity index (χ0) is 12.9. The summed E-state index contributed by atoms with van der Waals surface area (Å²) in [5.41, 5.74) is 4.52. The van der Waals surface area contributed by atoms with Crippen LogP contribution < -0.4 is 5.73 Å². The first-order valence-corrected chi connectivity index (χ1v) is 5.05. The molecule has 6 nitrogen and oxygen atoms in total. The van der Waals surface area contributed by atoms with Crippen molar-refractivity contribution in [3.63, 3.8) is 0 Å². The predicted molar refractivity (Wildman–Crippen MR) is 61.3 cm³/mol. The van der Waals surface area contributed by atoms with E-state index in [4.69, 9.17) is 15.7 Å². The maximum absolute atomic E-state index is 12.0. The Kier molecular flexibility index (Phi) is 5.23. The van der Waals surface area contributed by atoms with Gasteiger partial charge in [-0.05, 0) is 20.8 Å². The SMILES string of the molecule is COC(C)(C)C(=O)N(C)C(C)CC(N)=NO.